The maximum absolute atomic E-state index is 12.9. The minimum atomic E-state index is -0.572. The van der Waals surface area contributed by atoms with E-state index in [0.717, 1.165) is 18.7 Å². The molecule has 26 heavy (non-hydrogen) atoms. The zero-order valence-electron chi connectivity index (χ0n) is 15.4. The summed E-state index contributed by atoms with van der Waals surface area (Å²) in [5.41, 5.74) is 1.09. The molecule has 140 valence electrons. The fourth-order valence-corrected chi connectivity index (χ4v) is 3.60. The van der Waals surface area contributed by atoms with Crippen LogP contribution in [0.3, 0.4) is 0 Å². The molecule has 0 aliphatic carbocycles. The second-order valence-electron chi connectivity index (χ2n) is 6.89. The van der Waals surface area contributed by atoms with E-state index in [9.17, 15) is 14.4 Å². The Kier molecular flexibility index (Phi) is 5.56. The molecule has 2 aliphatic heterocycles. The first-order valence-electron chi connectivity index (χ1n) is 9.12. The summed E-state index contributed by atoms with van der Waals surface area (Å²) in [4.78, 5) is 44.2. The Morgan fingerprint density at radius 1 is 1.00 bits per heavy atom. The van der Waals surface area contributed by atoms with E-state index in [0.29, 0.717) is 26.2 Å². The zero-order valence-corrected chi connectivity index (χ0v) is 15.4. The predicted molar refractivity (Wildman–Crippen MR) is 97.2 cm³/mol. The van der Waals surface area contributed by atoms with Gasteiger partial charge in [-0.25, -0.2) is 0 Å². The fourth-order valence-electron chi connectivity index (χ4n) is 3.60. The average Bonchev–Trinajstić information content (AvgIpc) is 2.66. The van der Waals surface area contributed by atoms with Gasteiger partial charge in [0, 0.05) is 39.3 Å². The van der Waals surface area contributed by atoms with E-state index in [-0.39, 0.29) is 18.5 Å². The molecule has 1 aromatic rings. The van der Waals surface area contributed by atoms with Gasteiger partial charge in [0.15, 0.2) is 0 Å². The Bertz CT molecular complexity index is 679. The van der Waals surface area contributed by atoms with E-state index < -0.39 is 11.8 Å². The zero-order chi connectivity index (χ0) is 18.7. The molecule has 3 amide bonds. The van der Waals surface area contributed by atoms with E-state index in [1.165, 1.54) is 9.80 Å². The molecule has 0 spiro atoms. The molecule has 0 saturated carbocycles. The Balaban J connectivity index is 1.71. The van der Waals surface area contributed by atoms with Gasteiger partial charge in [0.2, 0.25) is 5.91 Å². The molecule has 0 N–H and O–H groups in total. The van der Waals surface area contributed by atoms with Crippen molar-refractivity contribution in [3.63, 3.8) is 0 Å². The van der Waals surface area contributed by atoms with Gasteiger partial charge in [-0.15, -0.1) is 0 Å². The van der Waals surface area contributed by atoms with Crippen molar-refractivity contribution in [1.82, 2.24) is 19.6 Å². The molecule has 3 rings (SSSR count). The monoisotopic (exact) mass is 358 g/mol. The summed E-state index contributed by atoms with van der Waals surface area (Å²) in [7, 11) is 2.05. The molecular weight excluding hydrogens is 332 g/mol. The summed E-state index contributed by atoms with van der Waals surface area (Å²) in [5, 5.41) is 0. The smallest absolute Gasteiger partial charge is 0.312 e. The Morgan fingerprint density at radius 2 is 1.65 bits per heavy atom. The molecule has 0 bridgehead atoms. The number of carbonyl (C=O) groups excluding carboxylic acids is 3. The lowest BCUT2D eigenvalue weighted by atomic mass is 10.0. The van der Waals surface area contributed by atoms with E-state index in [4.69, 9.17) is 0 Å². The van der Waals surface area contributed by atoms with Crippen molar-refractivity contribution in [3.05, 3.63) is 35.9 Å². The number of amides is 3. The molecule has 2 saturated heterocycles. The SMILES string of the molecule is CCN1CCN(CC(=O)N2CCN(C)C[C@@H]2c2ccccc2)C(=O)C1=O. The normalized spacial score (nSPS) is 22.1. The first-order valence-corrected chi connectivity index (χ1v) is 9.12. The van der Waals surface area contributed by atoms with Gasteiger partial charge in [0.1, 0.15) is 6.54 Å². The molecule has 1 aromatic carbocycles. The van der Waals surface area contributed by atoms with Crippen molar-refractivity contribution in [1.29, 1.82) is 0 Å². The van der Waals surface area contributed by atoms with E-state index >= 15 is 0 Å². The molecule has 7 nitrogen and oxygen atoms in total. The number of hydrogen-bond acceptors (Lipinski definition) is 4. The van der Waals surface area contributed by atoms with Gasteiger partial charge in [-0.05, 0) is 19.5 Å². The van der Waals surface area contributed by atoms with E-state index in [2.05, 4.69) is 4.90 Å². The van der Waals surface area contributed by atoms with Crippen molar-refractivity contribution in [3.8, 4) is 0 Å². The molecule has 0 unspecified atom stereocenters. The Labute approximate surface area is 154 Å². The number of hydrogen-bond donors (Lipinski definition) is 0. The van der Waals surface area contributed by atoms with Crippen LogP contribution >= 0.6 is 0 Å². The summed E-state index contributed by atoms with van der Waals surface area (Å²) in [6.07, 6.45) is 0. The third-order valence-corrected chi connectivity index (χ3v) is 5.19. The summed E-state index contributed by atoms with van der Waals surface area (Å²) in [5.74, 6) is -1.18. The maximum Gasteiger partial charge on any atom is 0.312 e. The lowest BCUT2D eigenvalue weighted by molar-refractivity contribution is -0.158. The highest BCUT2D eigenvalue weighted by Gasteiger charge is 2.36. The number of rotatable bonds is 4. The van der Waals surface area contributed by atoms with Gasteiger partial charge in [0.25, 0.3) is 0 Å². The second-order valence-corrected chi connectivity index (χ2v) is 6.89. The van der Waals surface area contributed by atoms with Crippen LogP contribution in [0.2, 0.25) is 0 Å². The van der Waals surface area contributed by atoms with Crippen LogP contribution in [0.5, 0.6) is 0 Å². The van der Waals surface area contributed by atoms with Crippen LogP contribution in [0, 0.1) is 0 Å². The van der Waals surface area contributed by atoms with Crippen LogP contribution in [0.15, 0.2) is 30.3 Å². The number of nitrogens with zero attached hydrogens (tertiary/aromatic N) is 4. The molecule has 7 heteroatoms. The van der Waals surface area contributed by atoms with Crippen LogP contribution in [0.25, 0.3) is 0 Å². The highest BCUT2D eigenvalue weighted by atomic mass is 16.2. The van der Waals surface area contributed by atoms with Crippen molar-refractivity contribution >= 4 is 17.7 Å². The Morgan fingerprint density at radius 3 is 2.35 bits per heavy atom. The standard InChI is InChI=1S/C19H26N4O3/c1-3-21-10-11-22(19(26)18(21)25)14-17(24)23-12-9-20(2)13-16(23)15-7-5-4-6-8-15/h4-8,16H,3,9-14H2,1-2H3/t16-/m1/s1. The molecule has 2 fully saturated rings. The van der Waals surface area contributed by atoms with Crippen LogP contribution in [0.1, 0.15) is 18.5 Å². The highest BCUT2D eigenvalue weighted by Crippen LogP contribution is 2.25. The van der Waals surface area contributed by atoms with Gasteiger partial charge in [-0.2, -0.15) is 0 Å². The van der Waals surface area contributed by atoms with Gasteiger partial charge >= 0.3 is 11.8 Å². The number of benzene rings is 1. The van der Waals surface area contributed by atoms with Crippen LogP contribution in [-0.4, -0.2) is 90.2 Å². The topological polar surface area (TPSA) is 64.2 Å². The third-order valence-electron chi connectivity index (χ3n) is 5.19. The van der Waals surface area contributed by atoms with Crippen molar-refractivity contribution in [2.75, 3.05) is 52.9 Å². The Hall–Kier alpha value is -2.41. The van der Waals surface area contributed by atoms with Crippen molar-refractivity contribution < 1.29 is 14.4 Å². The van der Waals surface area contributed by atoms with Crippen molar-refractivity contribution in [2.45, 2.75) is 13.0 Å². The largest absolute Gasteiger partial charge is 0.333 e. The van der Waals surface area contributed by atoms with Gasteiger partial charge < -0.3 is 19.6 Å². The minimum absolute atomic E-state index is 0.0326. The maximum atomic E-state index is 12.9. The number of likely N-dealkylation sites (N-methyl/N-ethyl adjacent to an activating group) is 2. The first kappa shape index (κ1) is 18.4. The average molecular weight is 358 g/mol. The van der Waals surface area contributed by atoms with Crippen LogP contribution in [-0.2, 0) is 14.4 Å². The summed E-state index contributed by atoms with van der Waals surface area (Å²) < 4.78 is 0. The molecule has 0 radical (unpaired) electrons. The number of piperazine rings is 2. The van der Waals surface area contributed by atoms with E-state index in [1.54, 1.807) is 0 Å². The molecule has 2 aliphatic rings. The predicted octanol–water partition coefficient (Wildman–Crippen LogP) is 0.192. The molecular formula is C19H26N4O3. The van der Waals surface area contributed by atoms with Crippen LogP contribution in [0.4, 0.5) is 0 Å². The summed E-state index contributed by atoms with van der Waals surface area (Å²) in [6, 6.07) is 9.92. The van der Waals surface area contributed by atoms with Crippen molar-refractivity contribution in [2.24, 2.45) is 0 Å². The quantitative estimate of drug-likeness (QED) is 0.721. The van der Waals surface area contributed by atoms with E-state index in [1.807, 2.05) is 49.2 Å². The fraction of sp³-hybridized carbons (Fsp3) is 0.526. The summed E-state index contributed by atoms with van der Waals surface area (Å²) in [6.45, 7) is 5.40. The van der Waals surface area contributed by atoms with Crippen LogP contribution < -0.4 is 0 Å². The van der Waals surface area contributed by atoms with Gasteiger partial charge in [0.05, 0.1) is 6.04 Å². The number of carbonyl (C=O) groups is 3. The van der Waals surface area contributed by atoms with Gasteiger partial charge in [-0.3, -0.25) is 14.4 Å². The lowest BCUT2D eigenvalue weighted by Crippen LogP contribution is -2.58. The second kappa shape index (κ2) is 7.86. The molecule has 2 heterocycles. The lowest BCUT2D eigenvalue weighted by Gasteiger charge is -2.41. The highest BCUT2D eigenvalue weighted by molar-refractivity contribution is 6.35. The van der Waals surface area contributed by atoms with Gasteiger partial charge in [-0.1, -0.05) is 30.3 Å². The molecule has 1 atom stereocenters. The first-order chi connectivity index (χ1) is 12.5. The minimum Gasteiger partial charge on any atom is -0.333 e. The third kappa shape index (κ3) is 3.72. The molecule has 0 aromatic heterocycles. The summed E-state index contributed by atoms with van der Waals surface area (Å²) >= 11 is 0.